The summed E-state index contributed by atoms with van der Waals surface area (Å²) in [6.07, 6.45) is 1.33. The van der Waals surface area contributed by atoms with E-state index < -0.39 is 11.9 Å². The van der Waals surface area contributed by atoms with Crippen LogP contribution in [0.25, 0.3) is 0 Å². The Morgan fingerprint density at radius 2 is 1.89 bits per heavy atom. The van der Waals surface area contributed by atoms with Crippen LogP contribution in [0.5, 0.6) is 0 Å². The number of hydrogen-bond acceptors (Lipinski definition) is 2. The van der Waals surface area contributed by atoms with Gasteiger partial charge in [0.15, 0.2) is 0 Å². The van der Waals surface area contributed by atoms with Crippen LogP contribution in [0.4, 0.5) is 10.5 Å². The van der Waals surface area contributed by atoms with E-state index in [1.54, 1.807) is 12.1 Å². The van der Waals surface area contributed by atoms with Gasteiger partial charge in [-0.3, -0.25) is 4.79 Å². The molecule has 1 unspecified atom stereocenters. The Labute approximate surface area is 113 Å². The number of nitrogens with one attached hydrogen (secondary N) is 2. The Hall–Kier alpha value is -2.04. The number of amides is 2. The molecular formula is C14H20N2O3. The molecule has 0 heterocycles. The molecule has 3 N–H and O–H groups in total. The van der Waals surface area contributed by atoms with Gasteiger partial charge >= 0.3 is 12.0 Å². The molecular weight excluding hydrogens is 244 g/mol. The third-order valence-corrected chi connectivity index (χ3v) is 2.80. The molecule has 0 radical (unpaired) electrons. The van der Waals surface area contributed by atoms with Crippen molar-refractivity contribution in [2.75, 3.05) is 11.9 Å². The molecule has 5 nitrogen and oxygen atoms in total. The maximum atomic E-state index is 11.6. The van der Waals surface area contributed by atoms with Gasteiger partial charge in [-0.05, 0) is 25.5 Å². The lowest BCUT2D eigenvalue weighted by atomic mass is 10.0. The molecule has 0 aliphatic carbocycles. The first-order chi connectivity index (χ1) is 9.02. The number of rotatable bonds is 6. The molecule has 0 saturated heterocycles. The van der Waals surface area contributed by atoms with E-state index >= 15 is 0 Å². The van der Waals surface area contributed by atoms with Crippen LogP contribution in [0.3, 0.4) is 0 Å². The zero-order valence-electron chi connectivity index (χ0n) is 11.3. The summed E-state index contributed by atoms with van der Waals surface area (Å²) in [5, 5.41) is 14.2. The average Bonchev–Trinajstić information content (AvgIpc) is 2.37. The monoisotopic (exact) mass is 264 g/mol. The molecule has 1 atom stereocenters. The standard InChI is InChI=1S/C14H20N2O3/c1-3-4-11(13(17)18)9-15-14(19)16-12-7-5-10(2)6-8-12/h5-8,11H,3-4,9H2,1-2H3,(H,17,18)(H2,15,16,19). The molecule has 5 heteroatoms. The van der Waals surface area contributed by atoms with E-state index in [4.69, 9.17) is 5.11 Å². The summed E-state index contributed by atoms with van der Waals surface area (Å²) in [5.41, 5.74) is 1.80. The zero-order chi connectivity index (χ0) is 14.3. The maximum absolute atomic E-state index is 11.6. The number of carboxylic acids is 1. The Morgan fingerprint density at radius 1 is 1.26 bits per heavy atom. The first-order valence-corrected chi connectivity index (χ1v) is 6.37. The van der Waals surface area contributed by atoms with Crippen molar-refractivity contribution in [1.29, 1.82) is 0 Å². The van der Waals surface area contributed by atoms with Gasteiger partial charge in [0.05, 0.1) is 5.92 Å². The maximum Gasteiger partial charge on any atom is 0.319 e. The Bertz CT molecular complexity index is 429. The van der Waals surface area contributed by atoms with Crippen molar-refractivity contribution in [3.05, 3.63) is 29.8 Å². The first kappa shape index (κ1) is 15.0. The smallest absolute Gasteiger partial charge is 0.319 e. The van der Waals surface area contributed by atoms with Crippen molar-refractivity contribution in [3.63, 3.8) is 0 Å². The molecule has 0 spiro atoms. The lowest BCUT2D eigenvalue weighted by Crippen LogP contribution is -2.35. The highest BCUT2D eigenvalue weighted by Gasteiger charge is 2.16. The van der Waals surface area contributed by atoms with Crippen molar-refractivity contribution in [3.8, 4) is 0 Å². The Kier molecular flexibility index (Phi) is 5.85. The number of hydrogen-bond donors (Lipinski definition) is 3. The summed E-state index contributed by atoms with van der Waals surface area (Å²) in [6, 6.07) is 7.01. The number of benzene rings is 1. The largest absolute Gasteiger partial charge is 0.481 e. The van der Waals surface area contributed by atoms with Crippen molar-refractivity contribution in [1.82, 2.24) is 5.32 Å². The van der Waals surface area contributed by atoms with Crippen molar-refractivity contribution < 1.29 is 14.7 Å². The number of urea groups is 1. The van der Waals surface area contributed by atoms with Gasteiger partial charge in [-0.1, -0.05) is 31.0 Å². The zero-order valence-corrected chi connectivity index (χ0v) is 11.3. The van der Waals surface area contributed by atoms with Gasteiger partial charge in [0, 0.05) is 12.2 Å². The molecule has 0 aliphatic rings. The summed E-state index contributed by atoms with van der Waals surface area (Å²) in [6.45, 7) is 4.02. The molecule has 1 aromatic rings. The van der Waals surface area contributed by atoms with Gasteiger partial charge in [-0.2, -0.15) is 0 Å². The quantitative estimate of drug-likeness (QED) is 0.739. The summed E-state index contributed by atoms with van der Waals surface area (Å²) in [4.78, 5) is 22.5. The first-order valence-electron chi connectivity index (χ1n) is 6.37. The highest BCUT2D eigenvalue weighted by Crippen LogP contribution is 2.09. The van der Waals surface area contributed by atoms with Crippen LogP contribution in [0, 0.1) is 12.8 Å². The molecule has 0 fully saturated rings. The lowest BCUT2D eigenvalue weighted by Gasteiger charge is -2.13. The highest BCUT2D eigenvalue weighted by molar-refractivity contribution is 5.89. The highest BCUT2D eigenvalue weighted by atomic mass is 16.4. The fraction of sp³-hybridized carbons (Fsp3) is 0.429. The van der Waals surface area contributed by atoms with Gasteiger partial charge in [0.1, 0.15) is 0 Å². The van der Waals surface area contributed by atoms with E-state index in [-0.39, 0.29) is 12.6 Å². The van der Waals surface area contributed by atoms with E-state index in [1.807, 2.05) is 26.0 Å². The molecule has 1 rings (SSSR count). The Balaban J connectivity index is 2.42. The minimum atomic E-state index is -0.877. The summed E-state index contributed by atoms with van der Waals surface area (Å²) in [5.74, 6) is -1.41. The number of aryl methyl sites for hydroxylation is 1. The number of anilines is 1. The van der Waals surface area contributed by atoms with Crippen molar-refractivity contribution >= 4 is 17.7 Å². The van der Waals surface area contributed by atoms with Crippen LogP contribution in [-0.4, -0.2) is 23.7 Å². The molecule has 0 aliphatic heterocycles. The summed E-state index contributed by atoms with van der Waals surface area (Å²) < 4.78 is 0. The van der Waals surface area contributed by atoms with Crippen LogP contribution in [0.2, 0.25) is 0 Å². The fourth-order valence-corrected chi connectivity index (χ4v) is 1.69. The van der Waals surface area contributed by atoms with Crippen molar-refractivity contribution in [2.24, 2.45) is 5.92 Å². The van der Waals surface area contributed by atoms with Gasteiger partial charge in [-0.25, -0.2) is 4.79 Å². The van der Waals surface area contributed by atoms with Crippen LogP contribution >= 0.6 is 0 Å². The third-order valence-electron chi connectivity index (χ3n) is 2.80. The van der Waals surface area contributed by atoms with Gasteiger partial charge in [0.25, 0.3) is 0 Å². The van der Waals surface area contributed by atoms with E-state index in [0.29, 0.717) is 12.1 Å². The second kappa shape index (κ2) is 7.41. The normalized spacial score (nSPS) is 11.7. The van der Waals surface area contributed by atoms with E-state index in [9.17, 15) is 9.59 Å². The number of aliphatic carboxylic acids is 1. The molecule has 0 saturated carbocycles. The number of carbonyl (C=O) groups is 2. The van der Waals surface area contributed by atoms with Crippen molar-refractivity contribution in [2.45, 2.75) is 26.7 Å². The number of carboxylic acid groups (broad SMARTS) is 1. The SMILES string of the molecule is CCCC(CNC(=O)Nc1ccc(C)cc1)C(=O)O. The van der Waals surface area contributed by atoms with Crippen LogP contribution in [0.15, 0.2) is 24.3 Å². The summed E-state index contributed by atoms with van der Waals surface area (Å²) in [7, 11) is 0. The Morgan fingerprint density at radius 3 is 2.42 bits per heavy atom. The average molecular weight is 264 g/mol. The predicted molar refractivity (Wildman–Crippen MR) is 74.2 cm³/mol. The fourth-order valence-electron chi connectivity index (χ4n) is 1.69. The lowest BCUT2D eigenvalue weighted by molar-refractivity contribution is -0.141. The minimum absolute atomic E-state index is 0.140. The molecule has 19 heavy (non-hydrogen) atoms. The van der Waals surface area contributed by atoms with Gasteiger partial charge in [-0.15, -0.1) is 0 Å². The second-order valence-corrected chi connectivity index (χ2v) is 4.52. The second-order valence-electron chi connectivity index (χ2n) is 4.52. The summed E-state index contributed by atoms with van der Waals surface area (Å²) >= 11 is 0. The molecule has 0 bridgehead atoms. The third kappa shape index (κ3) is 5.42. The molecule has 1 aromatic carbocycles. The molecule has 104 valence electrons. The van der Waals surface area contributed by atoms with E-state index in [1.165, 1.54) is 0 Å². The molecule has 0 aromatic heterocycles. The molecule has 2 amide bonds. The van der Waals surface area contributed by atoms with Crippen LogP contribution in [-0.2, 0) is 4.79 Å². The van der Waals surface area contributed by atoms with E-state index in [0.717, 1.165) is 12.0 Å². The van der Waals surface area contributed by atoms with Crippen LogP contribution < -0.4 is 10.6 Å². The van der Waals surface area contributed by atoms with Gasteiger partial charge in [0.2, 0.25) is 0 Å². The van der Waals surface area contributed by atoms with Gasteiger partial charge < -0.3 is 15.7 Å². The van der Waals surface area contributed by atoms with E-state index in [2.05, 4.69) is 10.6 Å². The minimum Gasteiger partial charge on any atom is -0.481 e. The number of carbonyl (C=O) groups excluding carboxylic acids is 1. The van der Waals surface area contributed by atoms with Crippen LogP contribution in [0.1, 0.15) is 25.3 Å². The topological polar surface area (TPSA) is 78.4 Å². The predicted octanol–water partition coefficient (Wildman–Crippen LogP) is 2.62.